The molecule has 1 saturated heterocycles. The maximum absolute atomic E-state index is 12.2. The number of hydrogen-bond donors (Lipinski definition) is 3. The van der Waals surface area contributed by atoms with Gasteiger partial charge in [0.05, 0.1) is 6.61 Å². The Morgan fingerprint density at radius 2 is 2.29 bits per heavy atom. The summed E-state index contributed by atoms with van der Waals surface area (Å²) in [6.45, 7) is 2.09. The van der Waals surface area contributed by atoms with E-state index in [0.29, 0.717) is 30.6 Å². The van der Waals surface area contributed by atoms with Crippen molar-refractivity contribution in [3.05, 3.63) is 36.0 Å². The molecule has 2 heterocycles. The van der Waals surface area contributed by atoms with Gasteiger partial charge in [-0.15, -0.1) is 0 Å². The number of carbonyl (C=O) groups is 1. The zero-order valence-electron chi connectivity index (χ0n) is 11.6. The summed E-state index contributed by atoms with van der Waals surface area (Å²) in [5, 5.41) is 4.72. The normalized spacial score (nSPS) is 17.9. The van der Waals surface area contributed by atoms with Gasteiger partial charge in [0.2, 0.25) is 0 Å². The highest BCUT2D eigenvalue weighted by atomic mass is 16.5. The molecule has 0 bridgehead atoms. The fourth-order valence-corrected chi connectivity index (χ4v) is 2.50. The number of nitrogens with two attached hydrogens (primary N) is 1. The number of nitrogens with one attached hydrogen (secondary N) is 2. The van der Waals surface area contributed by atoms with Crippen molar-refractivity contribution in [2.75, 3.05) is 25.2 Å². The van der Waals surface area contributed by atoms with Crippen molar-refractivity contribution in [3.63, 3.8) is 0 Å². The minimum absolute atomic E-state index is 0.191. The molecule has 1 aliphatic heterocycles. The van der Waals surface area contributed by atoms with E-state index in [0.717, 1.165) is 23.8 Å². The predicted molar refractivity (Wildman–Crippen MR) is 80.8 cm³/mol. The summed E-state index contributed by atoms with van der Waals surface area (Å²) in [6, 6.07) is 9.44. The first kappa shape index (κ1) is 13.8. The fraction of sp³-hybridized carbons (Fsp3) is 0.333. The van der Waals surface area contributed by atoms with Crippen molar-refractivity contribution in [1.82, 2.24) is 10.3 Å². The van der Waals surface area contributed by atoms with E-state index in [-0.39, 0.29) is 5.91 Å². The Morgan fingerprint density at radius 3 is 3.05 bits per heavy atom. The second kappa shape index (κ2) is 6.07. The number of rotatable bonds is 4. The molecule has 6 heteroatoms. The number of amides is 1. The van der Waals surface area contributed by atoms with E-state index in [9.17, 15) is 4.79 Å². The van der Waals surface area contributed by atoms with E-state index in [1.54, 1.807) is 6.07 Å². The zero-order chi connectivity index (χ0) is 14.7. The molecule has 3 rings (SSSR count). The van der Waals surface area contributed by atoms with Gasteiger partial charge in [-0.2, -0.15) is 0 Å². The van der Waals surface area contributed by atoms with Crippen LogP contribution < -0.4 is 16.6 Å². The van der Waals surface area contributed by atoms with E-state index >= 15 is 0 Å². The molecule has 1 atom stereocenters. The van der Waals surface area contributed by atoms with Crippen LogP contribution in [0.5, 0.6) is 0 Å². The summed E-state index contributed by atoms with van der Waals surface area (Å²) >= 11 is 0. The minimum Gasteiger partial charge on any atom is -0.381 e. The van der Waals surface area contributed by atoms with Gasteiger partial charge in [-0.25, -0.2) is 10.8 Å². The Balaban J connectivity index is 1.80. The van der Waals surface area contributed by atoms with Gasteiger partial charge < -0.3 is 15.5 Å². The molecule has 1 unspecified atom stereocenters. The molecule has 2 aromatic rings. The monoisotopic (exact) mass is 286 g/mol. The first-order valence-corrected chi connectivity index (χ1v) is 7.00. The highest BCUT2D eigenvalue weighted by molar-refractivity contribution is 6.00. The lowest BCUT2D eigenvalue weighted by Crippen LogP contribution is -2.30. The summed E-state index contributed by atoms with van der Waals surface area (Å²) < 4.78 is 5.30. The molecule has 1 fully saturated rings. The number of anilines is 1. The molecular formula is C15H18N4O2. The molecule has 1 amide bonds. The third-order valence-corrected chi connectivity index (χ3v) is 3.69. The molecule has 1 aromatic carbocycles. The maximum atomic E-state index is 12.2. The standard InChI is InChI=1S/C15H18N4O2/c16-19-14-12-4-2-1-3-11(12)7-13(18-14)15(20)17-8-10-5-6-21-9-10/h1-4,7,10H,5-6,8-9,16H2,(H,17,20)(H,18,19). The molecule has 0 aliphatic carbocycles. The number of carbonyl (C=O) groups excluding carboxylic acids is 1. The van der Waals surface area contributed by atoms with Crippen LogP contribution in [0.1, 0.15) is 16.9 Å². The Morgan fingerprint density at radius 1 is 1.43 bits per heavy atom. The van der Waals surface area contributed by atoms with Gasteiger partial charge >= 0.3 is 0 Å². The van der Waals surface area contributed by atoms with E-state index in [1.165, 1.54) is 0 Å². The number of aromatic nitrogens is 1. The van der Waals surface area contributed by atoms with Gasteiger partial charge in [0.15, 0.2) is 0 Å². The van der Waals surface area contributed by atoms with Crippen molar-refractivity contribution >= 4 is 22.5 Å². The van der Waals surface area contributed by atoms with Gasteiger partial charge in [-0.1, -0.05) is 24.3 Å². The van der Waals surface area contributed by atoms with Crippen molar-refractivity contribution in [3.8, 4) is 0 Å². The first-order chi connectivity index (χ1) is 10.3. The zero-order valence-corrected chi connectivity index (χ0v) is 11.6. The largest absolute Gasteiger partial charge is 0.381 e. The van der Waals surface area contributed by atoms with Crippen LogP contribution in [0, 0.1) is 5.92 Å². The molecule has 1 aromatic heterocycles. The van der Waals surface area contributed by atoms with E-state index in [4.69, 9.17) is 10.6 Å². The summed E-state index contributed by atoms with van der Waals surface area (Å²) in [5.41, 5.74) is 2.91. The van der Waals surface area contributed by atoms with Gasteiger partial charge in [-0.3, -0.25) is 4.79 Å². The summed E-state index contributed by atoms with van der Waals surface area (Å²) in [7, 11) is 0. The smallest absolute Gasteiger partial charge is 0.270 e. The maximum Gasteiger partial charge on any atom is 0.270 e. The lowest BCUT2D eigenvalue weighted by atomic mass is 10.1. The number of ether oxygens (including phenoxy) is 1. The highest BCUT2D eigenvalue weighted by Gasteiger charge is 2.18. The van der Waals surface area contributed by atoms with Crippen LogP contribution in [0.4, 0.5) is 5.82 Å². The van der Waals surface area contributed by atoms with Crippen molar-refractivity contribution in [2.24, 2.45) is 11.8 Å². The topological polar surface area (TPSA) is 89.3 Å². The van der Waals surface area contributed by atoms with Gasteiger partial charge in [0.25, 0.3) is 5.91 Å². The van der Waals surface area contributed by atoms with Crippen LogP contribution in [0.25, 0.3) is 10.8 Å². The van der Waals surface area contributed by atoms with Crippen molar-refractivity contribution < 1.29 is 9.53 Å². The quantitative estimate of drug-likeness (QED) is 0.582. The van der Waals surface area contributed by atoms with Crippen molar-refractivity contribution in [1.29, 1.82) is 0 Å². The highest BCUT2D eigenvalue weighted by Crippen LogP contribution is 2.21. The number of fused-ring (bicyclic) bond motifs is 1. The summed E-state index contributed by atoms with van der Waals surface area (Å²) in [6.07, 6.45) is 0.987. The van der Waals surface area contributed by atoms with Gasteiger partial charge in [0, 0.05) is 24.5 Å². The van der Waals surface area contributed by atoms with Crippen LogP contribution in [-0.4, -0.2) is 30.6 Å². The molecule has 4 N–H and O–H groups in total. The van der Waals surface area contributed by atoms with E-state index < -0.39 is 0 Å². The molecule has 0 saturated carbocycles. The van der Waals surface area contributed by atoms with Crippen molar-refractivity contribution in [2.45, 2.75) is 6.42 Å². The number of nitrogen functional groups attached to an aromatic ring is 1. The van der Waals surface area contributed by atoms with Crippen LogP contribution in [0.3, 0.4) is 0 Å². The molecule has 21 heavy (non-hydrogen) atoms. The van der Waals surface area contributed by atoms with Crippen LogP contribution in [-0.2, 0) is 4.74 Å². The Hall–Kier alpha value is -2.18. The molecule has 110 valence electrons. The predicted octanol–water partition coefficient (Wildman–Crippen LogP) is 1.29. The molecule has 0 radical (unpaired) electrons. The van der Waals surface area contributed by atoms with Gasteiger partial charge in [-0.05, 0) is 17.9 Å². The van der Waals surface area contributed by atoms with E-state index in [1.807, 2.05) is 24.3 Å². The third-order valence-electron chi connectivity index (χ3n) is 3.69. The van der Waals surface area contributed by atoms with Gasteiger partial charge in [0.1, 0.15) is 11.5 Å². The summed E-state index contributed by atoms with van der Waals surface area (Å²) in [5.74, 6) is 6.20. The third kappa shape index (κ3) is 2.96. The summed E-state index contributed by atoms with van der Waals surface area (Å²) in [4.78, 5) is 16.5. The average Bonchev–Trinajstić information content (AvgIpc) is 3.04. The molecule has 6 nitrogen and oxygen atoms in total. The second-order valence-electron chi connectivity index (χ2n) is 5.16. The Kier molecular flexibility index (Phi) is 3.98. The lowest BCUT2D eigenvalue weighted by molar-refractivity contribution is 0.0940. The molecular weight excluding hydrogens is 268 g/mol. The molecule has 1 aliphatic rings. The number of benzene rings is 1. The Labute approximate surface area is 122 Å². The average molecular weight is 286 g/mol. The van der Waals surface area contributed by atoms with Crippen LogP contribution in [0.15, 0.2) is 30.3 Å². The van der Waals surface area contributed by atoms with E-state index in [2.05, 4.69) is 15.7 Å². The number of nitrogens with zero attached hydrogens (tertiary/aromatic N) is 1. The number of hydrazine groups is 1. The first-order valence-electron chi connectivity index (χ1n) is 7.00. The van der Waals surface area contributed by atoms with Crippen LogP contribution >= 0.6 is 0 Å². The second-order valence-corrected chi connectivity index (χ2v) is 5.16. The number of pyridine rings is 1. The molecule has 0 spiro atoms. The SMILES string of the molecule is NNc1nc(C(=O)NCC2CCOC2)cc2ccccc12. The lowest BCUT2D eigenvalue weighted by Gasteiger charge is -2.11. The fourth-order valence-electron chi connectivity index (χ4n) is 2.50. The van der Waals surface area contributed by atoms with Crippen LogP contribution in [0.2, 0.25) is 0 Å². The number of hydrogen-bond acceptors (Lipinski definition) is 5. The Bertz CT molecular complexity index is 653. The minimum atomic E-state index is -0.191.